The topological polar surface area (TPSA) is 75.3 Å². The number of hydrogen-bond acceptors (Lipinski definition) is 4. The molecule has 22 heavy (non-hydrogen) atoms. The first-order chi connectivity index (χ1) is 10.7. The van der Waals surface area contributed by atoms with E-state index >= 15 is 0 Å². The summed E-state index contributed by atoms with van der Waals surface area (Å²) in [7, 11) is 1.73. The Labute approximate surface area is 135 Å². The summed E-state index contributed by atoms with van der Waals surface area (Å²) in [6, 6.07) is 7.35. The van der Waals surface area contributed by atoms with Crippen LogP contribution in [0.3, 0.4) is 0 Å². The van der Waals surface area contributed by atoms with Gasteiger partial charge >= 0.3 is 0 Å². The SMILES string of the molecule is CCCCNC(=NC)NCc1nc(-c2cccc(Cl)c2)no1. The molecule has 2 aromatic rings. The second-order valence-electron chi connectivity index (χ2n) is 4.73. The highest BCUT2D eigenvalue weighted by Gasteiger charge is 2.09. The molecule has 0 spiro atoms. The molecular formula is C15H20ClN5O. The third-order valence-electron chi connectivity index (χ3n) is 3.00. The number of rotatable bonds is 6. The van der Waals surface area contributed by atoms with E-state index in [0.29, 0.717) is 23.3 Å². The van der Waals surface area contributed by atoms with Gasteiger partial charge < -0.3 is 15.2 Å². The fourth-order valence-corrected chi connectivity index (χ4v) is 2.03. The van der Waals surface area contributed by atoms with Crippen molar-refractivity contribution in [2.24, 2.45) is 4.99 Å². The highest BCUT2D eigenvalue weighted by atomic mass is 35.5. The summed E-state index contributed by atoms with van der Waals surface area (Å²) in [5.74, 6) is 1.73. The highest BCUT2D eigenvalue weighted by molar-refractivity contribution is 6.30. The van der Waals surface area contributed by atoms with E-state index in [2.05, 4.69) is 32.7 Å². The quantitative estimate of drug-likeness (QED) is 0.486. The van der Waals surface area contributed by atoms with E-state index in [-0.39, 0.29) is 0 Å². The van der Waals surface area contributed by atoms with Crippen LogP contribution in [0.4, 0.5) is 0 Å². The van der Waals surface area contributed by atoms with Gasteiger partial charge in [0, 0.05) is 24.2 Å². The number of unbranched alkanes of at least 4 members (excludes halogenated alkanes) is 1. The number of nitrogens with one attached hydrogen (secondary N) is 2. The molecule has 2 N–H and O–H groups in total. The average Bonchev–Trinajstić information content (AvgIpc) is 3.00. The lowest BCUT2D eigenvalue weighted by Gasteiger charge is -2.09. The number of aliphatic imine (C=N–C) groups is 1. The van der Waals surface area contributed by atoms with Gasteiger partial charge in [0.2, 0.25) is 11.7 Å². The maximum Gasteiger partial charge on any atom is 0.246 e. The lowest BCUT2D eigenvalue weighted by atomic mass is 10.2. The van der Waals surface area contributed by atoms with E-state index in [9.17, 15) is 0 Å². The van der Waals surface area contributed by atoms with Crippen LogP contribution in [0.2, 0.25) is 5.02 Å². The van der Waals surface area contributed by atoms with Crippen LogP contribution in [-0.2, 0) is 6.54 Å². The molecule has 1 aromatic carbocycles. The number of benzene rings is 1. The molecule has 1 aromatic heterocycles. The molecule has 0 aliphatic rings. The monoisotopic (exact) mass is 321 g/mol. The van der Waals surface area contributed by atoms with E-state index in [1.165, 1.54) is 0 Å². The van der Waals surface area contributed by atoms with Crippen LogP contribution >= 0.6 is 11.6 Å². The van der Waals surface area contributed by atoms with Crippen LogP contribution < -0.4 is 10.6 Å². The lowest BCUT2D eigenvalue weighted by molar-refractivity contribution is 0.375. The molecule has 118 valence electrons. The first kappa shape index (κ1) is 16.3. The van der Waals surface area contributed by atoms with Crippen molar-refractivity contribution < 1.29 is 4.52 Å². The Morgan fingerprint density at radius 1 is 1.36 bits per heavy atom. The van der Waals surface area contributed by atoms with Crippen molar-refractivity contribution >= 4 is 17.6 Å². The van der Waals surface area contributed by atoms with Gasteiger partial charge in [-0.2, -0.15) is 4.98 Å². The highest BCUT2D eigenvalue weighted by Crippen LogP contribution is 2.19. The van der Waals surface area contributed by atoms with E-state index in [1.54, 1.807) is 19.2 Å². The first-order valence-electron chi connectivity index (χ1n) is 7.26. The van der Waals surface area contributed by atoms with Gasteiger partial charge in [0.15, 0.2) is 5.96 Å². The molecule has 7 heteroatoms. The molecule has 0 amide bonds. The third kappa shape index (κ3) is 4.73. The Bertz CT molecular complexity index is 626. The lowest BCUT2D eigenvalue weighted by Crippen LogP contribution is -2.37. The van der Waals surface area contributed by atoms with Crippen LogP contribution in [0, 0.1) is 0 Å². The Morgan fingerprint density at radius 2 is 2.23 bits per heavy atom. The van der Waals surface area contributed by atoms with E-state index < -0.39 is 0 Å². The molecule has 0 saturated heterocycles. The molecular weight excluding hydrogens is 302 g/mol. The molecule has 0 aliphatic heterocycles. The fourth-order valence-electron chi connectivity index (χ4n) is 1.84. The normalized spacial score (nSPS) is 11.5. The minimum absolute atomic E-state index is 0.416. The van der Waals surface area contributed by atoms with Gasteiger partial charge in [-0.15, -0.1) is 0 Å². The van der Waals surface area contributed by atoms with Crippen LogP contribution in [0.25, 0.3) is 11.4 Å². The smallest absolute Gasteiger partial charge is 0.246 e. The van der Waals surface area contributed by atoms with Crippen LogP contribution in [0.15, 0.2) is 33.8 Å². The predicted octanol–water partition coefficient (Wildman–Crippen LogP) is 2.86. The summed E-state index contributed by atoms with van der Waals surface area (Å²) in [4.78, 5) is 8.48. The van der Waals surface area contributed by atoms with Crippen molar-refractivity contribution in [3.63, 3.8) is 0 Å². The van der Waals surface area contributed by atoms with Crippen molar-refractivity contribution in [2.45, 2.75) is 26.3 Å². The molecule has 0 atom stereocenters. The molecule has 0 aliphatic carbocycles. The van der Waals surface area contributed by atoms with Crippen LogP contribution in [-0.4, -0.2) is 29.7 Å². The van der Waals surface area contributed by atoms with Crippen LogP contribution in [0.1, 0.15) is 25.7 Å². The van der Waals surface area contributed by atoms with Gasteiger partial charge in [0.1, 0.15) is 0 Å². The first-order valence-corrected chi connectivity index (χ1v) is 7.63. The fraction of sp³-hybridized carbons (Fsp3) is 0.400. The summed E-state index contributed by atoms with van der Waals surface area (Å²) < 4.78 is 5.23. The summed E-state index contributed by atoms with van der Waals surface area (Å²) >= 11 is 5.96. The number of nitrogens with zero attached hydrogens (tertiary/aromatic N) is 3. The molecule has 2 rings (SSSR count). The predicted molar refractivity (Wildman–Crippen MR) is 87.9 cm³/mol. The zero-order chi connectivity index (χ0) is 15.8. The van der Waals surface area contributed by atoms with Gasteiger partial charge in [-0.05, 0) is 18.6 Å². The molecule has 0 unspecified atom stereocenters. The number of halogens is 1. The number of aromatic nitrogens is 2. The van der Waals surface area contributed by atoms with Gasteiger partial charge in [0.25, 0.3) is 0 Å². The van der Waals surface area contributed by atoms with Crippen molar-refractivity contribution in [1.29, 1.82) is 0 Å². The summed E-state index contributed by atoms with van der Waals surface area (Å²) in [5.41, 5.74) is 0.827. The molecule has 0 radical (unpaired) electrons. The Morgan fingerprint density at radius 3 is 2.95 bits per heavy atom. The van der Waals surface area contributed by atoms with Crippen molar-refractivity contribution in [3.05, 3.63) is 35.2 Å². The molecule has 6 nitrogen and oxygen atoms in total. The number of hydrogen-bond donors (Lipinski definition) is 2. The maximum absolute atomic E-state index is 5.96. The van der Waals surface area contributed by atoms with Crippen LogP contribution in [0.5, 0.6) is 0 Å². The molecule has 0 bridgehead atoms. The van der Waals surface area contributed by atoms with Gasteiger partial charge in [-0.1, -0.05) is 42.2 Å². The van der Waals surface area contributed by atoms with E-state index in [4.69, 9.17) is 16.1 Å². The summed E-state index contributed by atoms with van der Waals surface area (Å²) in [6.45, 7) is 3.45. The number of guanidine groups is 1. The van der Waals surface area contributed by atoms with Crippen molar-refractivity contribution in [1.82, 2.24) is 20.8 Å². The third-order valence-corrected chi connectivity index (χ3v) is 3.24. The largest absolute Gasteiger partial charge is 0.356 e. The van der Waals surface area contributed by atoms with Gasteiger partial charge in [-0.3, -0.25) is 4.99 Å². The van der Waals surface area contributed by atoms with E-state index in [1.807, 2.05) is 12.1 Å². The second-order valence-corrected chi connectivity index (χ2v) is 5.16. The average molecular weight is 322 g/mol. The molecule has 1 heterocycles. The van der Waals surface area contributed by atoms with Crippen molar-refractivity contribution in [3.8, 4) is 11.4 Å². The Kier molecular flexibility index (Phi) is 6.21. The minimum atomic E-state index is 0.416. The van der Waals surface area contributed by atoms with Crippen molar-refractivity contribution in [2.75, 3.05) is 13.6 Å². The Hall–Kier alpha value is -2.08. The summed E-state index contributed by atoms with van der Waals surface area (Å²) in [6.07, 6.45) is 2.23. The van der Waals surface area contributed by atoms with E-state index in [0.717, 1.165) is 30.9 Å². The molecule has 0 saturated carbocycles. The minimum Gasteiger partial charge on any atom is -0.356 e. The second kappa shape index (κ2) is 8.38. The molecule has 0 fully saturated rings. The van der Waals surface area contributed by atoms with Gasteiger partial charge in [0.05, 0.1) is 6.54 Å². The zero-order valence-electron chi connectivity index (χ0n) is 12.8. The maximum atomic E-state index is 5.96. The standard InChI is InChI=1S/C15H20ClN5O/c1-3-4-8-18-15(17-2)19-10-13-20-14(21-22-13)11-6-5-7-12(16)9-11/h5-7,9H,3-4,8,10H2,1-2H3,(H2,17,18,19). The zero-order valence-corrected chi connectivity index (χ0v) is 13.5. The summed E-state index contributed by atoms with van der Waals surface area (Å²) in [5, 5.41) is 11.0. The van der Waals surface area contributed by atoms with Gasteiger partial charge in [-0.25, -0.2) is 0 Å². The Balaban J connectivity index is 1.92.